The van der Waals surface area contributed by atoms with Crippen molar-refractivity contribution in [3.8, 4) is 0 Å². The summed E-state index contributed by atoms with van der Waals surface area (Å²) in [6, 6.07) is -3.71. The fourth-order valence-electron chi connectivity index (χ4n) is 15.7. The number of carbonyl (C=O) groups is 8. The number of hydrogen-bond acceptors (Lipinski definition) is 49. The van der Waals surface area contributed by atoms with E-state index in [-0.39, 0.29) is 34.4 Å². The van der Waals surface area contributed by atoms with Gasteiger partial charge in [0.05, 0.1) is 55.4 Å². The van der Waals surface area contributed by atoms with Crippen LogP contribution in [0.25, 0.3) is 0 Å². The predicted octanol–water partition coefficient (Wildman–Crippen LogP) is -12.3. The quantitative estimate of drug-likeness (QED) is 0.0807. The number of nitrogens with one attached hydrogen (secondary N) is 11. The molecule has 0 aliphatic carbocycles. The molecular formula is C77H126N20O34S8. The van der Waals surface area contributed by atoms with Crippen LogP contribution in [-0.2, 0) is 81.0 Å². The van der Waals surface area contributed by atoms with Crippen molar-refractivity contribution in [1.82, 2.24) is 63.4 Å². The van der Waals surface area contributed by atoms with E-state index in [2.05, 4.69) is 103 Å². The molecule has 139 heavy (non-hydrogen) atoms. The second kappa shape index (κ2) is 52.7. The van der Waals surface area contributed by atoms with Gasteiger partial charge in [-0.25, -0.2) is 9.59 Å². The number of rotatable bonds is 12. The number of carboxylic acids is 1. The SMILES string of the molecule is CCN(CC)C(=O)[C@H]1O[C@@H]2SC(=NC)N[C@@H]2[C@@H](O)[C@@H]1O.CCNC(=O)[C@H]1O[C@@H]2SC(=NC)N[C@@H]2[C@@H](O)[C@@H]1O.CN=C1N[C@@H]2[C@@H](O)[C@H](O)C(C(C)=O)O[C@@H]2S1.CN=C1N[C@@H]2[C@@H](O)[C@H](O)C(C(C)=O)O[C@@H]2S1.CN=C1N[C@@H]2[C@@H](O)[C@H](O)[C@@H](C(=O)NC(C)C)O[C@@H]2S1.CN=C1N[C@@H]2[C@@H](O)[C@H](O)[C@@H](C(=O)NC)O[C@@H]2S1.CN=C1N[C@@H]2[C@@H](O)[C@H](O)[C@@H](C(=O)O)O[C@@H]2S1.CN=C1N[C@@H]2[C@@H](O)[C@H](O)[C@@H](C(=O)OC)O[C@@H]2S1. The number of aliphatic hydroxyl groups is 16. The highest BCUT2D eigenvalue weighted by Gasteiger charge is 2.59. The normalized spacial score (nSPS) is 42.5. The van der Waals surface area contributed by atoms with Gasteiger partial charge in [0.2, 0.25) is 0 Å². The van der Waals surface area contributed by atoms with Crippen LogP contribution < -0.4 is 58.5 Å². The molecule has 0 aromatic heterocycles. The van der Waals surface area contributed by atoms with Crippen LogP contribution in [0.5, 0.6) is 0 Å². The molecule has 16 rings (SSSR count). The number of thioether (sulfide) groups is 8. The molecule has 0 aromatic rings. The zero-order valence-corrected chi connectivity index (χ0v) is 84.7. The van der Waals surface area contributed by atoms with Crippen LogP contribution in [0, 0.1) is 0 Å². The molecule has 0 bridgehead atoms. The minimum atomic E-state index is -1.44. The molecule has 2 unspecified atom stereocenters. The van der Waals surface area contributed by atoms with Gasteiger partial charge in [-0.3, -0.25) is 68.7 Å². The molecule has 786 valence electrons. The van der Waals surface area contributed by atoms with Gasteiger partial charge in [-0.15, -0.1) is 0 Å². The Balaban J connectivity index is 0.000000178. The summed E-state index contributed by atoms with van der Waals surface area (Å²) in [6.45, 7) is 13.3. The van der Waals surface area contributed by atoms with Gasteiger partial charge in [-0.05, 0) is 48.5 Å². The Morgan fingerprint density at radius 3 is 0.763 bits per heavy atom. The zero-order chi connectivity index (χ0) is 103. The van der Waals surface area contributed by atoms with Gasteiger partial charge in [-0.2, -0.15) is 0 Å². The van der Waals surface area contributed by atoms with E-state index < -0.39 is 257 Å². The summed E-state index contributed by atoms with van der Waals surface area (Å²) in [5.41, 5.74) is -3.47. The number of Topliss-reactive ketones (excluding diaryl/α,β-unsaturated/α-hetero) is 2. The van der Waals surface area contributed by atoms with Gasteiger partial charge in [0.15, 0.2) is 89.5 Å². The molecule has 0 aromatic carbocycles. The molecule has 0 spiro atoms. The van der Waals surface area contributed by atoms with Gasteiger partial charge >= 0.3 is 11.9 Å². The average Bonchev–Trinajstić information content (AvgIpc) is 1.68. The number of ketones is 2. The molecule has 54 nitrogen and oxygen atoms in total. The molecule has 40 atom stereocenters. The summed E-state index contributed by atoms with van der Waals surface area (Å²) in [4.78, 5) is 125. The van der Waals surface area contributed by atoms with Crippen molar-refractivity contribution in [3.05, 3.63) is 0 Å². The lowest BCUT2D eigenvalue weighted by Crippen LogP contribution is -2.62. The number of hydrogen-bond donors (Lipinski definition) is 28. The lowest BCUT2D eigenvalue weighted by molar-refractivity contribution is -0.189. The molecule has 0 radical (unpaired) electrons. The average molecular weight is 2130 g/mol. The minimum Gasteiger partial charge on any atom is -0.479 e. The molecule has 16 saturated heterocycles. The van der Waals surface area contributed by atoms with Crippen LogP contribution in [0.15, 0.2) is 39.9 Å². The number of aliphatic imine (C=N–C) groups is 8. The number of nitrogens with zero attached hydrogens (tertiary/aromatic N) is 9. The Hall–Kier alpha value is -6.24. The second-order valence-electron chi connectivity index (χ2n) is 32.5. The lowest BCUT2D eigenvalue weighted by atomic mass is 9.96. The number of fused-ring (bicyclic) bond motifs is 8. The van der Waals surface area contributed by atoms with E-state index in [1.165, 1.54) is 122 Å². The van der Waals surface area contributed by atoms with E-state index in [4.69, 9.17) is 43.0 Å². The molecule has 16 heterocycles. The molecular weight excluding hydrogens is 2010 g/mol. The number of likely N-dealkylation sites (N-methyl/N-ethyl adjacent to an activating group) is 3. The van der Waals surface area contributed by atoms with Crippen LogP contribution in [0.2, 0.25) is 0 Å². The van der Waals surface area contributed by atoms with E-state index in [1.54, 1.807) is 68.2 Å². The zero-order valence-electron chi connectivity index (χ0n) is 78.1. The summed E-state index contributed by atoms with van der Waals surface area (Å²) >= 11 is 10.3. The molecule has 16 fully saturated rings. The maximum absolute atomic E-state index is 12.3. The maximum Gasteiger partial charge on any atom is 0.337 e. The van der Waals surface area contributed by atoms with Crippen LogP contribution in [-0.4, -0.2) is 515 Å². The fraction of sp³-hybridized carbons (Fsp3) is 0.792. The number of aliphatic carboxylic acids is 1. The Morgan fingerprint density at radius 1 is 0.331 bits per heavy atom. The number of carboxylic acid groups (broad SMARTS) is 1. The fourth-order valence-corrected chi connectivity index (χ4v) is 24.4. The first-order chi connectivity index (χ1) is 65.8. The highest BCUT2D eigenvalue weighted by molar-refractivity contribution is 8.16. The molecule has 62 heteroatoms. The number of amidine groups is 8. The van der Waals surface area contributed by atoms with Crippen LogP contribution in [0.4, 0.5) is 0 Å². The van der Waals surface area contributed by atoms with Gasteiger partial charge in [-0.1, -0.05) is 94.1 Å². The van der Waals surface area contributed by atoms with Gasteiger partial charge < -0.3 is 193 Å². The number of ether oxygens (including phenoxy) is 9. The van der Waals surface area contributed by atoms with Gasteiger partial charge in [0.1, 0.15) is 153 Å². The Bertz CT molecular complexity index is 4260. The number of carbonyl (C=O) groups excluding carboxylic acids is 7. The van der Waals surface area contributed by atoms with E-state index in [0.717, 1.165) is 0 Å². The summed E-state index contributed by atoms with van der Waals surface area (Å²) < 4.78 is 48.3. The first-order valence-corrected chi connectivity index (χ1v) is 50.6. The third-order valence-electron chi connectivity index (χ3n) is 23.2. The molecule has 16 aliphatic heterocycles. The predicted molar refractivity (Wildman–Crippen MR) is 513 cm³/mol. The molecule has 28 N–H and O–H groups in total. The number of aliphatic hydroxyl groups excluding tert-OH is 16. The number of esters is 1. The standard InChI is InChI=1S/C12H21N3O4S.C11H19N3O4S.C10H17N3O4S.C9H15N3O4S.C9H14N2O5S.2C9H14N2O4S.C8H12N2O5S/c1-4-15(5-2)10(18)9-8(17)7(16)6-11(19-9)20-12(13-3)14-6;1-4(2)13-9(17)8-7(16)6(15)5-10(18-8)19-11(12-3)14-5;1-3-12-8(16)7-6(15)5(14)4-9(17-7)18-10(11-2)13-4;1-10-7(15)6-5(14)4(13)3-8(16-6)17-9(11-2)12-3;1-10-9-11-3-4(12)5(13)6(7(14)15-2)16-8(3)17-9;2*1-3(12)7-6(14)5(13)4-8(15-7)16-9(10-2)11-4;1-9-8-10-2-3(11)4(12)5(6(13)14)15-7(2)16-8/h6-9,11,16-17H,4-5H2,1-3H3,(H,13,14);4-8,10,15-16H,1-3H3,(H,12,14)(H,13,17);4-7,9,14-15H,3H2,1-2H3,(H,11,13)(H,12,16);3-6,8,13-14H,1-2H3,(H,10,15)(H,11,12);3-6,8,12-13H,1-2H3,(H,10,11);2*4-8,13-14H,1-2H3,(H,10,11);2-5,7,11-12H,1H3,(H,9,10)(H,13,14)/t6-,7-,8+,9+,11-;5-,6-,7+,8+,10-;4-,5-,6+,7+,9-;2*3-,4-,5+,6+,8-;2*4-,5-,6+,7?,8-;2-,3-,4+,5+,7-/m11111111/s1. The van der Waals surface area contributed by atoms with Crippen molar-refractivity contribution in [3.63, 3.8) is 0 Å². The monoisotopic (exact) mass is 2130 g/mol. The van der Waals surface area contributed by atoms with Crippen molar-refractivity contribution in [2.75, 3.05) is 90.2 Å². The van der Waals surface area contributed by atoms with Crippen LogP contribution in [0.3, 0.4) is 0 Å². The molecule has 0 saturated carbocycles. The Morgan fingerprint density at radius 2 is 0.540 bits per heavy atom. The van der Waals surface area contributed by atoms with Crippen molar-refractivity contribution < 1.29 is 168 Å². The van der Waals surface area contributed by atoms with Crippen LogP contribution >= 0.6 is 94.1 Å². The highest BCUT2D eigenvalue weighted by Crippen LogP contribution is 2.42. The van der Waals surface area contributed by atoms with E-state index >= 15 is 0 Å². The largest absolute Gasteiger partial charge is 0.479 e. The van der Waals surface area contributed by atoms with E-state index in [0.29, 0.717) is 61.0 Å². The third kappa shape index (κ3) is 27.4. The van der Waals surface area contributed by atoms with Crippen molar-refractivity contribution in [2.45, 2.75) is 293 Å². The van der Waals surface area contributed by atoms with Crippen molar-refractivity contribution in [2.24, 2.45) is 39.9 Å². The van der Waals surface area contributed by atoms with E-state index in [9.17, 15) is 120 Å². The lowest BCUT2D eigenvalue weighted by Gasteiger charge is -2.39. The first kappa shape index (κ1) is 116. The van der Waals surface area contributed by atoms with Crippen LogP contribution in [0.1, 0.15) is 48.5 Å². The number of amides is 4. The van der Waals surface area contributed by atoms with E-state index in [1.807, 2.05) is 27.7 Å². The summed E-state index contributed by atoms with van der Waals surface area (Å²) in [7, 11) is 15.6. The summed E-state index contributed by atoms with van der Waals surface area (Å²) in [5.74, 6) is -4.11. The Kier molecular flexibility index (Phi) is 44.1. The van der Waals surface area contributed by atoms with Gasteiger partial charge in [0.25, 0.3) is 23.6 Å². The highest BCUT2D eigenvalue weighted by atomic mass is 32.2. The first-order valence-electron chi connectivity index (χ1n) is 43.6. The van der Waals surface area contributed by atoms with Crippen molar-refractivity contribution >= 4 is 183 Å². The Labute approximate surface area is 831 Å². The second-order valence-corrected chi connectivity index (χ2v) is 41.2. The maximum atomic E-state index is 12.3. The molecule has 4 amide bonds. The summed E-state index contributed by atoms with van der Waals surface area (Å²) in [5, 5.41) is 203. The minimum absolute atomic E-state index is 0.0553. The summed E-state index contributed by atoms with van der Waals surface area (Å²) in [6.07, 6.45) is -27.4. The topological polar surface area (TPSA) is 798 Å². The third-order valence-corrected chi connectivity index (χ3v) is 32.5. The van der Waals surface area contributed by atoms with Gasteiger partial charge in [0, 0.05) is 89.1 Å². The number of methoxy groups -OCH3 is 1. The van der Waals surface area contributed by atoms with Crippen molar-refractivity contribution in [1.29, 1.82) is 0 Å². The molecule has 16 aliphatic rings. The smallest absolute Gasteiger partial charge is 0.337 e.